The molecule has 0 radical (unpaired) electrons. The van der Waals surface area contributed by atoms with Crippen molar-refractivity contribution in [2.75, 3.05) is 61.6 Å². The van der Waals surface area contributed by atoms with Gasteiger partial charge in [-0.3, -0.25) is 19.9 Å². The number of fused-ring (bicyclic) bond motifs is 1. The number of ether oxygens (including phenoxy) is 4. The van der Waals surface area contributed by atoms with Crippen LogP contribution in [-0.2, 0) is 36.8 Å². The van der Waals surface area contributed by atoms with Crippen LogP contribution in [0, 0.1) is 11.8 Å². The first kappa shape index (κ1) is 39.9. The Morgan fingerprint density at radius 1 is 0.946 bits per heavy atom. The van der Waals surface area contributed by atoms with Crippen molar-refractivity contribution in [3.63, 3.8) is 0 Å². The average molecular weight is 767 g/mol. The van der Waals surface area contributed by atoms with Gasteiger partial charge in [-0.1, -0.05) is 43.3 Å². The van der Waals surface area contributed by atoms with Crippen LogP contribution in [0.1, 0.15) is 55.7 Å². The van der Waals surface area contributed by atoms with Gasteiger partial charge in [0.2, 0.25) is 0 Å². The molecule has 2 aromatic heterocycles. The van der Waals surface area contributed by atoms with Crippen LogP contribution in [0.4, 0.5) is 26.7 Å². The molecule has 2 aliphatic heterocycles. The summed E-state index contributed by atoms with van der Waals surface area (Å²) in [5.74, 6) is -1.14. The quantitative estimate of drug-likeness (QED) is 0.102. The zero-order valence-electron chi connectivity index (χ0n) is 32.6. The molecule has 2 amide bonds. The molecule has 4 heterocycles. The Kier molecular flexibility index (Phi) is 12.7. The molecule has 4 aromatic rings. The summed E-state index contributed by atoms with van der Waals surface area (Å²) in [6.45, 7) is 11.1. The lowest BCUT2D eigenvalue weighted by molar-refractivity contribution is -0.156. The van der Waals surface area contributed by atoms with Crippen molar-refractivity contribution in [3.05, 3.63) is 89.9 Å². The third kappa shape index (κ3) is 10.3. The highest BCUT2D eigenvalue weighted by atomic mass is 16.6. The van der Waals surface area contributed by atoms with E-state index in [2.05, 4.69) is 25.4 Å². The van der Waals surface area contributed by atoms with E-state index >= 15 is 0 Å². The van der Waals surface area contributed by atoms with E-state index in [1.54, 1.807) is 18.5 Å². The Bertz CT molecular complexity index is 2030. The molecule has 56 heavy (non-hydrogen) atoms. The number of aromatic nitrogens is 2. The minimum atomic E-state index is -0.718. The number of pyridine rings is 2. The largest absolute Gasteiger partial charge is 0.460 e. The summed E-state index contributed by atoms with van der Waals surface area (Å²) in [6.07, 6.45) is 2.00. The number of hydrogen-bond acceptors (Lipinski definition) is 12. The van der Waals surface area contributed by atoms with Crippen molar-refractivity contribution in [1.29, 1.82) is 0 Å². The minimum Gasteiger partial charge on any atom is -0.460 e. The smallest absolute Gasteiger partial charge is 0.412 e. The van der Waals surface area contributed by atoms with Crippen molar-refractivity contribution in [3.8, 4) is 0 Å². The summed E-state index contributed by atoms with van der Waals surface area (Å²) in [5.41, 5.74) is 3.43. The van der Waals surface area contributed by atoms with E-state index in [0.29, 0.717) is 37.4 Å². The number of carbonyl (C=O) groups is 4. The van der Waals surface area contributed by atoms with Gasteiger partial charge in [-0.25, -0.2) is 14.6 Å². The van der Waals surface area contributed by atoms with Crippen molar-refractivity contribution in [2.24, 2.45) is 11.8 Å². The summed E-state index contributed by atoms with van der Waals surface area (Å²) in [7, 11) is 1.31. The molecule has 0 unspecified atom stereocenters. The molecule has 0 spiro atoms. The number of amides is 2. The normalized spacial score (nSPS) is 18.6. The van der Waals surface area contributed by atoms with Gasteiger partial charge in [0.15, 0.2) is 5.78 Å². The van der Waals surface area contributed by atoms with E-state index in [4.69, 9.17) is 23.9 Å². The van der Waals surface area contributed by atoms with Gasteiger partial charge in [0.25, 0.3) is 0 Å². The number of hydrogen-bond donors (Lipinski definition) is 2. The second kappa shape index (κ2) is 17.8. The van der Waals surface area contributed by atoms with E-state index in [1.807, 2.05) is 82.3 Å². The zero-order chi connectivity index (χ0) is 39.8. The molecule has 0 saturated carbocycles. The lowest BCUT2D eigenvalue weighted by atomic mass is 9.82. The van der Waals surface area contributed by atoms with Crippen LogP contribution in [0.5, 0.6) is 0 Å². The number of ketones is 1. The molecule has 14 heteroatoms. The van der Waals surface area contributed by atoms with Gasteiger partial charge >= 0.3 is 18.2 Å². The van der Waals surface area contributed by atoms with E-state index < -0.39 is 17.8 Å². The predicted molar refractivity (Wildman–Crippen MR) is 212 cm³/mol. The molecule has 0 aliphatic carbocycles. The molecule has 296 valence electrons. The topological polar surface area (TPSA) is 162 Å². The SMILES string of the molecule is COC(=O)N[C@@H]1[C@H](CC(=O)OC(C)(C)C)CN(c2ccncc2CC(=O)c2nc3cc(N4CCOCC4)ccc3cc2NC(=O)OCc2ccccc2)C[C@@H]1C. The van der Waals surface area contributed by atoms with Gasteiger partial charge in [-0.2, -0.15) is 0 Å². The number of methoxy groups -OCH3 is 1. The lowest BCUT2D eigenvalue weighted by Crippen LogP contribution is -2.56. The number of Topliss-reactive ketones (excluding diaryl/α,β-unsaturated/α-hetero) is 1. The van der Waals surface area contributed by atoms with Gasteiger partial charge in [0.05, 0.1) is 37.9 Å². The number of nitrogens with zero attached hydrogens (tertiary/aromatic N) is 4. The molecule has 2 aromatic carbocycles. The second-order valence-corrected chi connectivity index (χ2v) is 15.2. The fourth-order valence-corrected chi connectivity index (χ4v) is 7.31. The molecule has 6 rings (SSSR count). The first-order chi connectivity index (χ1) is 26.9. The van der Waals surface area contributed by atoms with Gasteiger partial charge < -0.3 is 34.1 Å². The van der Waals surface area contributed by atoms with E-state index in [1.165, 1.54) is 7.11 Å². The fourth-order valence-electron chi connectivity index (χ4n) is 7.31. The van der Waals surface area contributed by atoms with E-state index in [9.17, 15) is 19.2 Å². The lowest BCUT2D eigenvalue weighted by Gasteiger charge is -2.44. The monoisotopic (exact) mass is 766 g/mol. The van der Waals surface area contributed by atoms with E-state index in [-0.39, 0.29) is 60.5 Å². The summed E-state index contributed by atoms with van der Waals surface area (Å²) in [6, 6.07) is 18.4. The Labute approximate surface area is 326 Å². The van der Waals surface area contributed by atoms with Crippen LogP contribution >= 0.6 is 0 Å². The van der Waals surface area contributed by atoms with Crippen LogP contribution < -0.4 is 20.4 Å². The first-order valence-electron chi connectivity index (χ1n) is 18.9. The van der Waals surface area contributed by atoms with Crippen LogP contribution in [0.25, 0.3) is 10.9 Å². The molecular formula is C42H50N6O8. The number of alkyl carbamates (subject to hydrolysis) is 1. The van der Waals surface area contributed by atoms with Gasteiger partial charge in [-0.05, 0) is 56.5 Å². The molecule has 2 aliphatic rings. The summed E-state index contributed by atoms with van der Waals surface area (Å²) in [4.78, 5) is 66.5. The molecule has 2 fully saturated rings. The second-order valence-electron chi connectivity index (χ2n) is 15.2. The number of morpholine rings is 1. The highest BCUT2D eigenvalue weighted by Gasteiger charge is 2.38. The first-order valence-corrected chi connectivity index (χ1v) is 18.9. The predicted octanol–water partition coefficient (Wildman–Crippen LogP) is 6.17. The Balaban J connectivity index is 1.28. The van der Waals surface area contributed by atoms with Gasteiger partial charge in [-0.15, -0.1) is 0 Å². The molecular weight excluding hydrogens is 716 g/mol. The molecule has 14 nitrogen and oxygen atoms in total. The van der Waals surface area contributed by atoms with Crippen LogP contribution in [-0.4, -0.2) is 92.1 Å². The minimum absolute atomic E-state index is 0.0537. The maximum atomic E-state index is 14.4. The zero-order valence-corrected chi connectivity index (χ0v) is 32.6. The number of nitrogens with one attached hydrogen (secondary N) is 2. The summed E-state index contributed by atoms with van der Waals surface area (Å²) in [5, 5.41) is 6.46. The number of benzene rings is 2. The molecule has 0 bridgehead atoms. The Morgan fingerprint density at radius 3 is 2.45 bits per heavy atom. The van der Waals surface area contributed by atoms with Crippen molar-refractivity contribution < 1.29 is 38.1 Å². The number of rotatable bonds is 11. The maximum Gasteiger partial charge on any atom is 0.412 e. The van der Waals surface area contributed by atoms with Gasteiger partial charge in [0.1, 0.15) is 17.9 Å². The van der Waals surface area contributed by atoms with Crippen molar-refractivity contribution in [2.45, 2.75) is 58.8 Å². The molecule has 3 atom stereocenters. The van der Waals surface area contributed by atoms with Gasteiger partial charge in [0, 0.05) is 79.3 Å². The Hall–Kier alpha value is -5.76. The van der Waals surface area contributed by atoms with E-state index in [0.717, 1.165) is 35.4 Å². The fraction of sp³-hybridized carbons (Fsp3) is 0.429. The number of anilines is 3. The summed E-state index contributed by atoms with van der Waals surface area (Å²) < 4.78 is 21.6. The summed E-state index contributed by atoms with van der Waals surface area (Å²) >= 11 is 0. The highest BCUT2D eigenvalue weighted by molar-refractivity contribution is 6.06. The van der Waals surface area contributed by atoms with Crippen molar-refractivity contribution in [1.82, 2.24) is 15.3 Å². The third-order valence-corrected chi connectivity index (χ3v) is 9.86. The highest BCUT2D eigenvalue weighted by Crippen LogP contribution is 2.33. The standard InChI is InChI=1S/C42H50N6O8/c1-27-24-48(25-31(38(27)46-40(51)53-5)21-37(50)56-42(2,3)4)35-13-14-43-23-30(35)20-36(49)39-34(45-41(52)55-26-28-9-7-6-8-10-28)19-29-11-12-32(22-33(29)44-39)47-15-17-54-18-16-47/h6-14,19,22-23,27,31,38H,15-18,20-21,24-26H2,1-5H3,(H,45,52)(H,46,51)/t27-,31+,38-/m0/s1. The number of piperidine rings is 1. The maximum absolute atomic E-state index is 14.4. The average Bonchev–Trinajstić information content (AvgIpc) is 3.18. The molecule has 2 N–H and O–H groups in total. The van der Waals surface area contributed by atoms with Crippen LogP contribution in [0.3, 0.4) is 0 Å². The van der Waals surface area contributed by atoms with Crippen molar-refractivity contribution >= 4 is 51.9 Å². The number of esters is 1. The van der Waals surface area contributed by atoms with Crippen LogP contribution in [0.2, 0.25) is 0 Å². The molecule has 2 saturated heterocycles. The third-order valence-electron chi connectivity index (χ3n) is 9.86. The van der Waals surface area contributed by atoms with Crippen LogP contribution in [0.15, 0.2) is 73.1 Å². The number of carbonyl (C=O) groups excluding carboxylic acids is 4. The Morgan fingerprint density at radius 2 is 1.71 bits per heavy atom.